The van der Waals surface area contributed by atoms with Crippen LogP contribution in [0.5, 0.6) is 0 Å². The summed E-state index contributed by atoms with van der Waals surface area (Å²) in [5.74, 6) is -0.318. The first-order valence-electron chi connectivity index (χ1n) is 9.93. The molecular weight excluding hydrogens is 414 g/mol. The van der Waals surface area contributed by atoms with E-state index in [1.807, 2.05) is 55.5 Å². The van der Waals surface area contributed by atoms with Crippen molar-refractivity contribution in [3.05, 3.63) is 86.9 Å². The average Bonchev–Trinajstić information content (AvgIpc) is 3.13. The topological polar surface area (TPSA) is 81.8 Å². The van der Waals surface area contributed by atoms with Crippen LogP contribution in [0.1, 0.15) is 29.9 Å². The number of para-hydroxylation sites is 1. The van der Waals surface area contributed by atoms with Crippen LogP contribution in [-0.2, 0) is 11.3 Å². The zero-order valence-corrected chi connectivity index (χ0v) is 18.2. The Kier molecular flexibility index (Phi) is 5.61. The van der Waals surface area contributed by atoms with Gasteiger partial charge in [0.25, 0.3) is 5.56 Å². The van der Waals surface area contributed by atoms with Crippen LogP contribution >= 0.6 is 11.6 Å². The average molecular weight is 436 g/mol. The molecule has 0 bridgehead atoms. The van der Waals surface area contributed by atoms with Crippen LogP contribution in [0.2, 0.25) is 5.02 Å². The number of aryl methyl sites for hydroxylation is 2. The summed E-state index contributed by atoms with van der Waals surface area (Å²) in [5.41, 5.74) is 3.13. The molecule has 0 aliphatic carbocycles. The van der Waals surface area contributed by atoms with E-state index in [2.05, 4.69) is 15.5 Å². The lowest BCUT2D eigenvalue weighted by molar-refractivity contribution is -0.124. The zero-order valence-electron chi connectivity index (χ0n) is 17.5. The molecule has 0 saturated carbocycles. The first-order valence-corrected chi connectivity index (χ1v) is 10.3. The van der Waals surface area contributed by atoms with Gasteiger partial charge < -0.3 is 5.32 Å². The smallest absolute Gasteiger partial charge is 0.278 e. The summed E-state index contributed by atoms with van der Waals surface area (Å²) in [6.45, 7) is 5.55. The van der Waals surface area contributed by atoms with Crippen molar-refractivity contribution in [2.24, 2.45) is 0 Å². The number of hydrogen-bond acceptors (Lipinski definition) is 4. The molecule has 4 aromatic rings. The van der Waals surface area contributed by atoms with Gasteiger partial charge in [-0.3, -0.25) is 9.59 Å². The number of aromatic nitrogens is 4. The van der Waals surface area contributed by atoms with Crippen molar-refractivity contribution < 1.29 is 4.79 Å². The Morgan fingerprint density at radius 3 is 2.45 bits per heavy atom. The van der Waals surface area contributed by atoms with Gasteiger partial charge in [-0.05, 0) is 44.5 Å². The van der Waals surface area contributed by atoms with Crippen LogP contribution in [-0.4, -0.2) is 25.5 Å². The third kappa shape index (κ3) is 3.84. The van der Waals surface area contributed by atoms with Gasteiger partial charge in [-0.25, -0.2) is 9.36 Å². The molecule has 1 atom stereocenters. The number of nitrogens with one attached hydrogen (secondary N) is 1. The van der Waals surface area contributed by atoms with Crippen molar-refractivity contribution >= 4 is 28.4 Å². The molecule has 1 amide bonds. The van der Waals surface area contributed by atoms with Gasteiger partial charge in [0.15, 0.2) is 0 Å². The van der Waals surface area contributed by atoms with Crippen molar-refractivity contribution in [3.8, 4) is 5.69 Å². The molecular formula is C23H22ClN5O2. The summed E-state index contributed by atoms with van der Waals surface area (Å²) in [7, 11) is 0. The predicted octanol–water partition coefficient (Wildman–Crippen LogP) is 3.73. The van der Waals surface area contributed by atoms with Crippen LogP contribution in [0.4, 0.5) is 0 Å². The largest absolute Gasteiger partial charge is 0.350 e. The third-order valence-corrected chi connectivity index (χ3v) is 5.67. The molecule has 0 fully saturated rings. The van der Waals surface area contributed by atoms with Crippen molar-refractivity contribution in [3.63, 3.8) is 0 Å². The highest BCUT2D eigenvalue weighted by Gasteiger charge is 2.23. The Labute approximate surface area is 184 Å². The third-order valence-electron chi connectivity index (χ3n) is 5.30. The van der Waals surface area contributed by atoms with Gasteiger partial charge >= 0.3 is 0 Å². The van der Waals surface area contributed by atoms with Crippen LogP contribution in [0.3, 0.4) is 0 Å². The number of nitrogens with zero attached hydrogens (tertiary/aromatic N) is 4. The normalized spacial score (nSPS) is 12.1. The fraction of sp³-hybridized carbons (Fsp3) is 0.217. The van der Waals surface area contributed by atoms with E-state index in [1.165, 1.54) is 4.68 Å². The van der Waals surface area contributed by atoms with Crippen molar-refractivity contribution in [2.45, 2.75) is 33.4 Å². The van der Waals surface area contributed by atoms with E-state index in [4.69, 9.17) is 11.6 Å². The molecule has 0 radical (unpaired) electrons. The maximum Gasteiger partial charge on any atom is 0.278 e. The summed E-state index contributed by atoms with van der Waals surface area (Å²) < 4.78 is 2.96. The minimum absolute atomic E-state index is 0.268. The molecule has 0 saturated heterocycles. The maximum atomic E-state index is 13.3. The molecule has 4 rings (SSSR count). The van der Waals surface area contributed by atoms with Crippen LogP contribution < -0.4 is 10.9 Å². The van der Waals surface area contributed by atoms with Gasteiger partial charge in [-0.1, -0.05) is 48.0 Å². The van der Waals surface area contributed by atoms with Gasteiger partial charge in [0.05, 0.1) is 22.5 Å². The lowest BCUT2D eigenvalue weighted by Crippen LogP contribution is -2.37. The molecule has 31 heavy (non-hydrogen) atoms. The van der Waals surface area contributed by atoms with Gasteiger partial charge in [0.2, 0.25) is 5.91 Å². The molecule has 2 heterocycles. The van der Waals surface area contributed by atoms with E-state index in [1.54, 1.807) is 24.6 Å². The molecule has 158 valence electrons. The Morgan fingerprint density at radius 2 is 1.74 bits per heavy atom. The molecule has 2 aromatic heterocycles. The molecule has 0 aliphatic heterocycles. The second-order valence-corrected chi connectivity index (χ2v) is 7.78. The lowest BCUT2D eigenvalue weighted by Gasteiger charge is -2.15. The summed E-state index contributed by atoms with van der Waals surface area (Å²) in [6.07, 6.45) is 0. The quantitative estimate of drug-likeness (QED) is 0.518. The standard InChI is InChI=1S/C23H22ClN5O2/c1-14-21-20(15(2)28(27-21)18-10-5-4-6-11-18)23(31)29(26-14)16(3)22(30)25-13-17-9-7-8-12-19(17)24/h4-12,16H,13H2,1-3H3,(H,25,30)/t16-/m1/s1. The van der Waals surface area contributed by atoms with E-state index in [-0.39, 0.29) is 18.0 Å². The van der Waals surface area contributed by atoms with Crippen molar-refractivity contribution in [2.75, 3.05) is 0 Å². The Balaban J connectivity index is 1.68. The second kappa shape index (κ2) is 8.35. The summed E-state index contributed by atoms with van der Waals surface area (Å²) in [4.78, 5) is 26.0. The molecule has 8 heteroatoms. The second-order valence-electron chi connectivity index (χ2n) is 7.38. The Bertz CT molecular complexity index is 1330. The highest BCUT2D eigenvalue weighted by atomic mass is 35.5. The molecule has 1 N–H and O–H groups in total. The van der Waals surface area contributed by atoms with E-state index in [9.17, 15) is 9.59 Å². The van der Waals surface area contributed by atoms with Gasteiger partial charge in [-0.15, -0.1) is 0 Å². The highest BCUT2D eigenvalue weighted by Crippen LogP contribution is 2.21. The first kappa shape index (κ1) is 20.8. The van der Waals surface area contributed by atoms with Gasteiger partial charge in [0, 0.05) is 11.6 Å². The SMILES string of the molecule is Cc1nn([C@H](C)C(=O)NCc2ccccc2Cl)c(=O)c2c(C)n(-c3ccccc3)nc12. The van der Waals surface area contributed by atoms with Crippen LogP contribution in [0.25, 0.3) is 16.6 Å². The molecule has 0 unspecified atom stereocenters. The molecule has 0 spiro atoms. The number of halogens is 1. The first-order chi connectivity index (χ1) is 14.9. The monoisotopic (exact) mass is 435 g/mol. The van der Waals surface area contributed by atoms with Gasteiger partial charge in [0.1, 0.15) is 11.6 Å². The Morgan fingerprint density at radius 1 is 1.06 bits per heavy atom. The number of benzene rings is 2. The van der Waals surface area contributed by atoms with Crippen molar-refractivity contribution in [1.82, 2.24) is 24.9 Å². The zero-order chi connectivity index (χ0) is 22.1. The predicted molar refractivity (Wildman–Crippen MR) is 121 cm³/mol. The number of amides is 1. The highest BCUT2D eigenvalue weighted by molar-refractivity contribution is 6.31. The fourth-order valence-corrected chi connectivity index (χ4v) is 3.75. The number of fused-ring (bicyclic) bond motifs is 1. The molecule has 2 aromatic carbocycles. The number of carbonyl (C=O) groups excluding carboxylic acids is 1. The summed E-state index contributed by atoms with van der Waals surface area (Å²) >= 11 is 6.16. The van der Waals surface area contributed by atoms with Crippen LogP contribution in [0, 0.1) is 13.8 Å². The van der Waals surface area contributed by atoms with Crippen LogP contribution in [0.15, 0.2) is 59.4 Å². The Hall–Kier alpha value is -3.45. The lowest BCUT2D eigenvalue weighted by atomic mass is 10.2. The van der Waals surface area contributed by atoms with Gasteiger partial charge in [-0.2, -0.15) is 10.2 Å². The molecule has 0 aliphatic rings. The number of rotatable bonds is 5. The maximum absolute atomic E-state index is 13.3. The summed E-state index contributed by atoms with van der Waals surface area (Å²) in [5, 5.41) is 12.9. The van der Waals surface area contributed by atoms with E-state index in [0.29, 0.717) is 27.3 Å². The number of carbonyl (C=O) groups is 1. The van der Waals surface area contributed by atoms with E-state index >= 15 is 0 Å². The minimum atomic E-state index is -0.794. The summed E-state index contributed by atoms with van der Waals surface area (Å²) in [6, 6.07) is 16.1. The molecule has 7 nitrogen and oxygen atoms in total. The fourth-order valence-electron chi connectivity index (χ4n) is 3.55. The minimum Gasteiger partial charge on any atom is -0.350 e. The van der Waals surface area contributed by atoms with Crippen molar-refractivity contribution in [1.29, 1.82) is 0 Å². The van der Waals surface area contributed by atoms with E-state index in [0.717, 1.165) is 11.3 Å². The van der Waals surface area contributed by atoms with E-state index < -0.39 is 6.04 Å². The number of hydrogen-bond donors (Lipinski definition) is 1.